The van der Waals surface area contributed by atoms with Crippen molar-refractivity contribution in [3.8, 4) is 11.1 Å². The van der Waals surface area contributed by atoms with Gasteiger partial charge in [0.15, 0.2) is 0 Å². The van der Waals surface area contributed by atoms with E-state index in [4.69, 9.17) is 4.74 Å². The van der Waals surface area contributed by atoms with E-state index in [9.17, 15) is 14.7 Å². The molecule has 0 saturated carbocycles. The van der Waals surface area contributed by atoms with Gasteiger partial charge in [-0.25, -0.2) is 4.79 Å². The highest BCUT2D eigenvalue weighted by Crippen LogP contribution is 2.28. The lowest BCUT2D eigenvalue weighted by atomic mass is 9.94. The number of hydrogen-bond acceptors (Lipinski definition) is 3. The number of carboxylic acids is 1. The molecule has 0 radical (unpaired) electrons. The average Bonchev–Trinajstić information content (AvgIpc) is 3.18. The van der Waals surface area contributed by atoms with Crippen molar-refractivity contribution in [1.29, 1.82) is 0 Å². The molecule has 1 amide bonds. The van der Waals surface area contributed by atoms with Crippen LogP contribution in [0.1, 0.15) is 40.5 Å². The number of carbonyl (C=O) groups excluding carboxylic acids is 1. The van der Waals surface area contributed by atoms with E-state index in [0.29, 0.717) is 29.8 Å². The predicted octanol–water partition coefficient (Wildman–Crippen LogP) is 3.69. The van der Waals surface area contributed by atoms with Crippen LogP contribution in [0, 0.1) is 0 Å². The molecule has 0 spiro atoms. The van der Waals surface area contributed by atoms with Crippen LogP contribution < -0.4 is 0 Å². The van der Waals surface area contributed by atoms with E-state index in [1.54, 1.807) is 47.4 Å². The molecule has 2 aromatic carbocycles. The monoisotopic (exact) mass is 353 g/mol. The lowest BCUT2D eigenvalue weighted by Gasteiger charge is -2.25. The molecule has 1 heterocycles. The summed E-state index contributed by atoms with van der Waals surface area (Å²) in [5.74, 6) is -1.10. The smallest absolute Gasteiger partial charge is 0.336 e. The lowest BCUT2D eigenvalue weighted by molar-refractivity contribution is 0.0539. The Labute approximate surface area is 153 Å². The number of benzene rings is 2. The van der Waals surface area contributed by atoms with Crippen LogP contribution in [-0.4, -0.2) is 47.7 Å². The molecule has 1 aliphatic heterocycles. The van der Waals surface area contributed by atoms with Crippen LogP contribution >= 0.6 is 0 Å². The predicted molar refractivity (Wildman–Crippen MR) is 99.4 cm³/mol. The van der Waals surface area contributed by atoms with Crippen molar-refractivity contribution >= 4 is 11.9 Å². The molecule has 5 nitrogen and oxygen atoms in total. The first-order chi connectivity index (χ1) is 12.6. The fourth-order valence-electron chi connectivity index (χ4n) is 3.37. The zero-order valence-electron chi connectivity index (χ0n) is 14.9. The van der Waals surface area contributed by atoms with Crippen LogP contribution in [0.15, 0.2) is 48.5 Å². The van der Waals surface area contributed by atoms with Crippen molar-refractivity contribution in [2.75, 3.05) is 19.7 Å². The van der Waals surface area contributed by atoms with Crippen LogP contribution in [0.3, 0.4) is 0 Å². The molecule has 26 heavy (non-hydrogen) atoms. The first-order valence-electron chi connectivity index (χ1n) is 8.94. The summed E-state index contributed by atoms with van der Waals surface area (Å²) in [7, 11) is 0. The molecule has 3 rings (SSSR count). The molecule has 136 valence electrons. The minimum Gasteiger partial charge on any atom is -0.478 e. The SMILES string of the molecule is CCN(CC1CCCO1)C(=O)c1ccccc1-c1ccccc1C(=O)O. The van der Waals surface area contributed by atoms with Crippen molar-refractivity contribution < 1.29 is 19.4 Å². The third-order valence-corrected chi connectivity index (χ3v) is 4.72. The standard InChI is InChI=1S/C21H23NO4/c1-2-22(14-15-8-7-13-26-15)20(23)18-11-5-3-9-16(18)17-10-4-6-12-19(17)21(24)25/h3-6,9-12,15H,2,7-8,13-14H2,1H3,(H,24,25). The molecular formula is C21H23NO4. The minimum absolute atomic E-state index is 0.0809. The molecule has 0 aliphatic carbocycles. The normalized spacial score (nSPS) is 16.4. The number of amides is 1. The molecule has 1 atom stereocenters. The molecule has 1 unspecified atom stereocenters. The summed E-state index contributed by atoms with van der Waals surface area (Å²) in [6.07, 6.45) is 2.07. The first kappa shape index (κ1) is 18.1. The van der Waals surface area contributed by atoms with Gasteiger partial charge in [-0.05, 0) is 43.0 Å². The summed E-state index contributed by atoms with van der Waals surface area (Å²) < 4.78 is 5.67. The zero-order chi connectivity index (χ0) is 18.5. The Morgan fingerprint density at radius 2 is 1.69 bits per heavy atom. The largest absolute Gasteiger partial charge is 0.478 e. The molecule has 2 aromatic rings. The Hall–Kier alpha value is -2.66. The molecule has 0 bridgehead atoms. The summed E-state index contributed by atoms with van der Waals surface area (Å²) in [4.78, 5) is 26.5. The number of likely N-dealkylation sites (N-methyl/N-ethyl adjacent to an activating group) is 1. The van der Waals surface area contributed by atoms with Crippen molar-refractivity contribution in [2.45, 2.75) is 25.9 Å². The van der Waals surface area contributed by atoms with E-state index < -0.39 is 5.97 Å². The van der Waals surface area contributed by atoms with Gasteiger partial charge >= 0.3 is 5.97 Å². The second kappa shape index (κ2) is 8.15. The molecule has 1 aliphatic rings. The number of carbonyl (C=O) groups is 2. The van der Waals surface area contributed by atoms with Crippen molar-refractivity contribution in [3.05, 3.63) is 59.7 Å². The van der Waals surface area contributed by atoms with Gasteiger partial charge in [0.2, 0.25) is 0 Å². The van der Waals surface area contributed by atoms with Crippen molar-refractivity contribution in [2.24, 2.45) is 0 Å². The van der Waals surface area contributed by atoms with E-state index in [2.05, 4.69) is 0 Å². The topological polar surface area (TPSA) is 66.8 Å². The number of rotatable bonds is 6. The Balaban J connectivity index is 1.96. The van der Waals surface area contributed by atoms with Gasteiger partial charge in [-0.2, -0.15) is 0 Å². The summed E-state index contributed by atoms with van der Waals surface area (Å²) in [6.45, 7) is 3.83. The van der Waals surface area contributed by atoms with Gasteiger partial charge in [0.05, 0.1) is 11.7 Å². The van der Waals surface area contributed by atoms with E-state index in [-0.39, 0.29) is 17.6 Å². The number of hydrogen-bond donors (Lipinski definition) is 1. The summed E-state index contributed by atoms with van der Waals surface area (Å²) in [6, 6.07) is 14.0. The molecule has 1 saturated heterocycles. The number of aromatic carboxylic acids is 1. The van der Waals surface area contributed by atoms with E-state index in [0.717, 1.165) is 19.4 Å². The maximum Gasteiger partial charge on any atom is 0.336 e. The number of nitrogens with zero attached hydrogens (tertiary/aromatic N) is 1. The van der Waals surface area contributed by atoms with Gasteiger partial charge in [-0.1, -0.05) is 36.4 Å². The lowest BCUT2D eigenvalue weighted by Crippen LogP contribution is -2.37. The van der Waals surface area contributed by atoms with Crippen molar-refractivity contribution in [3.63, 3.8) is 0 Å². The average molecular weight is 353 g/mol. The maximum absolute atomic E-state index is 13.2. The van der Waals surface area contributed by atoms with Gasteiger partial charge in [0.1, 0.15) is 0 Å². The van der Waals surface area contributed by atoms with Crippen LogP contribution in [0.5, 0.6) is 0 Å². The minimum atomic E-state index is -1.01. The van der Waals surface area contributed by atoms with Gasteiger partial charge in [0, 0.05) is 25.3 Å². The number of carboxylic acid groups (broad SMARTS) is 1. The van der Waals surface area contributed by atoms with E-state index in [1.807, 2.05) is 13.0 Å². The molecular weight excluding hydrogens is 330 g/mol. The zero-order valence-corrected chi connectivity index (χ0v) is 14.9. The van der Waals surface area contributed by atoms with Gasteiger partial charge in [-0.15, -0.1) is 0 Å². The van der Waals surface area contributed by atoms with E-state index in [1.165, 1.54) is 0 Å². The fourth-order valence-corrected chi connectivity index (χ4v) is 3.37. The van der Waals surface area contributed by atoms with Crippen LogP contribution in [-0.2, 0) is 4.74 Å². The van der Waals surface area contributed by atoms with Crippen molar-refractivity contribution in [1.82, 2.24) is 4.90 Å². The molecule has 0 aromatic heterocycles. The Morgan fingerprint density at radius 3 is 2.27 bits per heavy atom. The molecule has 1 fully saturated rings. The maximum atomic E-state index is 13.2. The summed E-state index contributed by atoms with van der Waals surface area (Å²) in [5, 5.41) is 9.49. The Morgan fingerprint density at radius 1 is 1.08 bits per heavy atom. The third-order valence-electron chi connectivity index (χ3n) is 4.72. The van der Waals surface area contributed by atoms with E-state index >= 15 is 0 Å². The molecule has 1 N–H and O–H groups in total. The number of ether oxygens (including phenoxy) is 1. The highest BCUT2D eigenvalue weighted by Gasteiger charge is 2.25. The van der Waals surface area contributed by atoms with Crippen LogP contribution in [0.4, 0.5) is 0 Å². The van der Waals surface area contributed by atoms with Crippen LogP contribution in [0.25, 0.3) is 11.1 Å². The highest BCUT2D eigenvalue weighted by atomic mass is 16.5. The summed E-state index contributed by atoms with van der Waals surface area (Å²) in [5.41, 5.74) is 1.90. The highest BCUT2D eigenvalue weighted by molar-refractivity contribution is 6.04. The molecule has 5 heteroatoms. The van der Waals surface area contributed by atoms with Gasteiger partial charge in [0.25, 0.3) is 5.91 Å². The summed E-state index contributed by atoms with van der Waals surface area (Å²) >= 11 is 0. The Bertz CT molecular complexity index is 796. The first-order valence-corrected chi connectivity index (χ1v) is 8.94. The van der Waals surface area contributed by atoms with Gasteiger partial charge in [-0.3, -0.25) is 4.79 Å². The second-order valence-electron chi connectivity index (χ2n) is 6.38. The Kier molecular flexibility index (Phi) is 5.68. The van der Waals surface area contributed by atoms with Crippen LogP contribution in [0.2, 0.25) is 0 Å². The third kappa shape index (κ3) is 3.78. The van der Waals surface area contributed by atoms with Gasteiger partial charge < -0.3 is 14.7 Å². The fraction of sp³-hybridized carbons (Fsp3) is 0.333. The quantitative estimate of drug-likeness (QED) is 0.860. The second-order valence-corrected chi connectivity index (χ2v) is 6.38.